The van der Waals surface area contributed by atoms with Crippen molar-refractivity contribution in [1.82, 2.24) is 0 Å². The molecule has 0 aromatic rings. The fourth-order valence-corrected chi connectivity index (χ4v) is 0.323. The zero-order valence-electron chi connectivity index (χ0n) is 6.15. The SMILES string of the molecule is C=C(C)C(=O)OC(O)C=CO. The van der Waals surface area contributed by atoms with Crippen LogP contribution in [0.4, 0.5) is 0 Å². The average Bonchev–Trinajstić information content (AvgIpc) is 1.87. The van der Waals surface area contributed by atoms with Crippen molar-refractivity contribution in [2.75, 3.05) is 0 Å². The van der Waals surface area contributed by atoms with Crippen LogP contribution in [0.25, 0.3) is 0 Å². The Balaban J connectivity index is 3.85. The second-order valence-corrected chi connectivity index (χ2v) is 1.92. The molecule has 0 amide bonds. The van der Waals surface area contributed by atoms with Crippen molar-refractivity contribution >= 4 is 5.97 Å². The lowest BCUT2D eigenvalue weighted by Crippen LogP contribution is -2.15. The maximum Gasteiger partial charge on any atom is 0.335 e. The number of carbonyl (C=O) groups is 1. The normalized spacial score (nSPS) is 12.9. The maximum absolute atomic E-state index is 10.6. The van der Waals surface area contributed by atoms with E-state index in [1.54, 1.807) is 0 Å². The molecule has 0 radical (unpaired) electrons. The van der Waals surface area contributed by atoms with Gasteiger partial charge in [-0.05, 0) is 6.92 Å². The van der Waals surface area contributed by atoms with E-state index < -0.39 is 12.3 Å². The van der Waals surface area contributed by atoms with Gasteiger partial charge >= 0.3 is 5.97 Å². The van der Waals surface area contributed by atoms with Crippen LogP contribution in [0.1, 0.15) is 6.92 Å². The Hall–Kier alpha value is -1.29. The lowest BCUT2D eigenvalue weighted by molar-refractivity contribution is -0.155. The number of hydrogen-bond acceptors (Lipinski definition) is 4. The summed E-state index contributed by atoms with van der Waals surface area (Å²) in [6, 6.07) is 0. The van der Waals surface area contributed by atoms with Crippen LogP contribution in [-0.2, 0) is 9.53 Å². The van der Waals surface area contributed by atoms with Crippen molar-refractivity contribution in [3.05, 3.63) is 24.5 Å². The second-order valence-electron chi connectivity index (χ2n) is 1.92. The van der Waals surface area contributed by atoms with E-state index in [0.717, 1.165) is 6.08 Å². The van der Waals surface area contributed by atoms with Gasteiger partial charge in [-0.3, -0.25) is 0 Å². The Morgan fingerprint density at radius 2 is 2.27 bits per heavy atom. The molecule has 0 saturated carbocycles. The van der Waals surface area contributed by atoms with Gasteiger partial charge in [0.2, 0.25) is 6.29 Å². The minimum Gasteiger partial charge on any atom is -0.516 e. The Kier molecular flexibility index (Phi) is 3.98. The van der Waals surface area contributed by atoms with Gasteiger partial charge < -0.3 is 14.9 Å². The molecule has 0 spiro atoms. The second kappa shape index (κ2) is 4.51. The van der Waals surface area contributed by atoms with E-state index in [0.29, 0.717) is 6.26 Å². The first-order chi connectivity index (χ1) is 5.07. The average molecular weight is 158 g/mol. The van der Waals surface area contributed by atoms with Gasteiger partial charge in [-0.1, -0.05) is 6.58 Å². The molecular formula is C7H10O4. The van der Waals surface area contributed by atoms with E-state index in [1.165, 1.54) is 6.92 Å². The lowest BCUT2D eigenvalue weighted by atomic mass is 10.4. The summed E-state index contributed by atoms with van der Waals surface area (Å²) in [5, 5.41) is 16.9. The summed E-state index contributed by atoms with van der Waals surface area (Å²) in [6.07, 6.45) is 0.0983. The monoisotopic (exact) mass is 158 g/mol. The van der Waals surface area contributed by atoms with Crippen LogP contribution < -0.4 is 0 Å². The largest absolute Gasteiger partial charge is 0.516 e. The van der Waals surface area contributed by atoms with E-state index in [-0.39, 0.29) is 5.57 Å². The summed E-state index contributed by atoms with van der Waals surface area (Å²) in [5.41, 5.74) is 0.190. The summed E-state index contributed by atoms with van der Waals surface area (Å²) >= 11 is 0. The van der Waals surface area contributed by atoms with Crippen LogP contribution in [0.5, 0.6) is 0 Å². The molecule has 1 atom stereocenters. The molecule has 0 aromatic carbocycles. The highest BCUT2D eigenvalue weighted by Crippen LogP contribution is 1.96. The van der Waals surface area contributed by atoms with Crippen molar-refractivity contribution in [3.63, 3.8) is 0 Å². The highest BCUT2D eigenvalue weighted by molar-refractivity contribution is 5.87. The molecule has 4 nitrogen and oxygen atoms in total. The molecule has 0 saturated heterocycles. The Morgan fingerprint density at radius 1 is 1.73 bits per heavy atom. The van der Waals surface area contributed by atoms with E-state index in [2.05, 4.69) is 11.3 Å². The van der Waals surface area contributed by atoms with E-state index in [4.69, 9.17) is 10.2 Å². The molecule has 0 aliphatic rings. The number of carbonyl (C=O) groups excluding carboxylic acids is 1. The third-order valence-corrected chi connectivity index (χ3v) is 0.827. The van der Waals surface area contributed by atoms with Gasteiger partial charge in [0.05, 0.1) is 6.26 Å². The predicted molar refractivity (Wildman–Crippen MR) is 38.7 cm³/mol. The van der Waals surface area contributed by atoms with Gasteiger partial charge in [-0.2, -0.15) is 0 Å². The standard InChI is InChI=1S/C7H10O4/c1-5(2)7(10)11-6(9)3-4-8/h3-4,6,8-9H,1H2,2H3. The minimum atomic E-state index is -1.41. The molecular weight excluding hydrogens is 148 g/mol. The fourth-order valence-electron chi connectivity index (χ4n) is 0.323. The van der Waals surface area contributed by atoms with Gasteiger partial charge in [0, 0.05) is 11.6 Å². The number of esters is 1. The third kappa shape index (κ3) is 4.16. The van der Waals surface area contributed by atoms with Gasteiger partial charge in [-0.25, -0.2) is 4.79 Å². The van der Waals surface area contributed by atoms with Crippen molar-refractivity contribution in [3.8, 4) is 0 Å². The molecule has 4 heteroatoms. The Bertz CT molecular complexity index is 183. The molecule has 62 valence electrons. The third-order valence-electron chi connectivity index (χ3n) is 0.827. The topological polar surface area (TPSA) is 66.8 Å². The zero-order valence-corrected chi connectivity index (χ0v) is 6.15. The molecule has 0 rings (SSSR count). The molecule has 0 heterocycles. The van der Waals surface area contributed by atoms with Crippen molar-refractivity contribution < 1.29 is 19.7 Å². The minimum absolute atomic E-state index is 0.190. The number of ether oxygens (including phenoxy) is 1. The van der Waals surface area contributed by atoms with E-state index in [1.807, 2.05) is 0 Å². The van der Waals surface area contributed by atoms with E-state index >= 15 is 0 Å². The number of aliphatic hydroxyl groups is 2. The van der Waals surface area contributed by atoms with Crippen LogP contribution >= 0.6 is 0 Å². The zero-order chi connectivity index (χ0) is 8.85. The molecule has 1 unspecified atom stereocenters. The van der Waals surface area contributed by atoms with E-state index in [9.17, 15) is 4.79 Å². The summed E-state index contributed by atoms with van der Waals surface area (Å²) < 4.78 is 4.32. The smallest absolute Gasteiger partial charge is 0.335 e. The molecule has 0 aliphatic carbocycles. The number of aliphatic hydroxyl groups excluding tert-OH is 2. The summed E-state index contributed by atoms with van der Waals surface area (Å²) in [6.45, 7) is 4.75. The van der Waals surface area contributed by atoms with Crippen molar-refractivity contribution in [1.29, 1.82) is 0 Å². The summed E-state index contributed by atoms with van der Waals surface area (Å²) in [5.74, 6) is -0.699. The van der Waals surface area contributed by atoms with Crippen LogP contribution in [0.3, 0.4) is 0 Å². The maximum atomic E-state index is 10.6. The van der Waals surface area contributed by atoms with Crippen LogP contribution in [-0.4, -0.2) is 22.5 Å². The van der Waals surface area contributed by atoms with Gasteiger partial charge in [0.25, 0.3) is 0 Å². The van der Waals surface area contributed by atoms with Crippen LogP contribution in [0.15, 0.2) is 24.5 Å². The Morgan fingerprint density at radius 3 is 2.64 bits per heavy atom. The summed E-state index contributed by atoms with van der Waals surface area (Å²) in [7, 11) is 0. The highest BCUT2D eigenvalue weighted by atomic mass is 16.6. The van der Waals surface area contributed by atoms with Crippen LogP contribution in [0.2, 0.25) is 0 Å². The lowest BCUT2D eigenvalue weighted by Gasteiger charge is -2.06. The van der Waals surface area contributed by atoms with Gasteiger partial charge in [-0.15, -0.1) is 0 Å². The first-order valence-corrected chi connectivity index (χ1v) is 2.93. The molecule has 0 fully saturated rings. The van der Waals surface area contributed by atoms with Gasteiger partial charge in [0.1, 0.15) is 0 Å². The molecule has 0 aromatic heterocycles. The van der Waals surface area contributed by atoms with Crippen molar-refractivity contribution in [2.24, 2.45) is 0 Å². The molecule has 2 N–H and O–H groups in total. The predicted octanol–water partition coefficient (Wildman–Crippen LogP) is 0.496. The molecule has 0 aliphatic heterocycles. The van der Waals surface area contributed by atoms with Crippen LogP contribution in [0, 0.1) is 0 Å². The number of hydrogen-bond donors (Lipinski definition) is 2. The first-order valence-electron chi connectivity index (χ1n) is 2.93. The van der Waals surface area contributed by atoms with Gasteiger partial charge in [0.15, 0.2) is 0 Å². The fraction of sp³-hybridized carbons (Fsp3) is 0.286. The van der Waals surface area contributed by atoms with Crippen molar-refractivity contribution in [2.45, 2.75) is 13.2 Å². The Labute approximate surface area is 64.4 Å². The highest BCUT2D eigenvalue weighted by Gasteiger charge is 2.07. The molecule has 0 bridgehead atoms. The first kappa shape index (κ1) is 9.71. The number of rotatable bonds is 3. The molecule has 11 heavy (non-hydrogen) atoms. The quantitative estimate of drug-likeness (QED) is 0.271. The summed E-state index contributed by atoms with van der Waals surface area (Å²) in [4.78, 5) is 10.6.